The van der Waals surface area contributed by atoms with Gasteiger partial charge in [-0.25, -0.2) is 9.97 Å². The van der Waals surface area contributed by atoms with E-state index in [0.29, 0.717) is 5.82 Å². The molecule has 0 aliphatic carbocycles. The van der Waals surface area contributed by atoms with Gasteiger partial charge in [-0.1, -0.05) is 66.7 Å². The van der Waals surface area contributed by atoms with Gasteiger partial charge in [0.05, 0.1) is 5.39 Å². The summed E-state index contributed by atoms with van der Waals surface area (Å²) in [5.74, 6) is 2.96. The second kappa shape index (κ2) is 9.31. The molecule has 0 aliphatic rings. The third-order valence-electron chi connectivity index (χ3n) is 6.21. The Bertz CT molecular complexity index is 1630. The van der Waals surface area contributed by atoms with Crippen molar-refractivity contribution in [2.24, 2.45) is 7.05 Å². The summed E-state index contributed by atoms with van der Waals surface area (Å²) in [5.41, 5.74) is 4.00. The molecule has 7 nitrogen and oxygen atoms in total. The predicted octanol–water partition coefficient (Wildman–Crippen LogP) is 6.06. The number of nitrogens with one attached hydrogen (secondary N) is 1. The molecule has 0 amide bonds. The molecular weight excluding hydrogens is 466 g/mol. The summed E-state index contributed by atoms with van der Waals surface area (Å²) in [6.45, 7) is 1.95. The van der Waals surface area contributed by atoms with Gasteiger partial charge in [0.2, 0.25) is 0 Å². The summed E-state index contributed by atoms with van der Waals surface area (Å²) in [6, 6.07) is 26.1. The van der Waals surface area contributed by atoms with E-state index in [1.165, 1.54) is 0 Å². The average Bonchev–Trinajstić information content (AvgIpc) is 3.52. The average molecular weight is 490 g/mol. The van der Waals surface area contributed by atoms with Gasteiger partial charge < -0.3 is 9.88 Å². The van der Waals surface area contributed by atoms with Crippen molar-refractivity contribution in [2.45, 2.75) is 13.0 Å². The number of aromatic nitrogens is 6. The van der Waals surface area contributed by atoms with E-state index < -0.39 is 0 Å². The highest BCUT2D eigenvalue weighted by Crippen LogP contribution is 2.39. The van der Waals surface area contributed by atoms with Crippen LogP contribution in [-0.2, 0) is 7.05 Å². The van der Waals surface area contributed by atoms with E-state index in [4.69, 9.17) is 9.97 Å². The lowest BCUT2D eigenvalue weighted by atomic mass is 10.0. The minimum absolute atomic E-state index is 0.268. The Labute approximate surface area is 212 Å². The summed E-state index contributed by atoms with van der Waals surface area (Å²) in [4.78, 5) is 15.3. The summed E-state index contributed by atoms with van der Waals surface area (Å²) < 4.78 is 2.01. The van der Waals surface area contributed by atoms with Crippen molar-refractivity contribution in [1.29, 1.82) is 0 Å². The number of rotatable bonds is 6. The molecule has 8 heteroatoms. The zero-order valence-electron chi connectivity index (χ0n) is 19.8. The molecule has 0 radical (unpaired) electrons. The van der Waals surface area contributed by atoms with Gasteiger partial charge in [0.1, 0.15) is 28.2 Å². The largest absolute Gasteiger partial charge is 0.355 e. The van der Waals surface area contributed by atoms with E-state index in [9.17, 15) is 0 Å². The lowest BCUT2D eigenvalue weighted by molar-refractivity contribution is 0.732. The van der Waals surface area contributed by atoms with E-state index in [1.54, 1.807) is 17.5 Å². The third kappa shape index (κ3) is 4.01. The molecule has 6 rings (SSSR count). The van der Waals surface area contributed by atoms with Gasteiger partial charge in [-0.15, -0.1) is 21.5 Å². The molecule has 36 heavy (non-hydrogen) atoms. The van der Waals surface area contributed by atoms with Crippen LogP contribution in [0.4, 0.5) is 5.82 Å². The van der Waals surface area contributed by atoms with E-state index >= 15 is 0 Å². The molecule has 0 bridgehead atoms. The van der Waals surface area contributed by atoms with Crippen LogP contribution in [0.3, 0.4) is 0 Å². The Hall–Kier alpha value is -4.43. The quantitative estimate of drug-likeness (QED) is 0.306. The number of fused-ring (bicyclic) bond motifs is 1. The molecule has 2 aromatic carbocycles. The predicted molar refractivity (Wildman–Crippen MR) is 144 cm³/mol. The molecule has 1 N–H and O–H groups in total. The lowest BCUT2D eigenvalue weighted by Crippen LogP contribution is -2.18. The van der Waals surface area contributed by atoms with Crippen molar-refractivity contribution >= 4 is 27.4 Å². The molecule has 0 fully saturated rings. The van der Waals surface area contributed by atoms with Crippen molar-refractivity contribution in [3.63, 3.8) is 0 Å². The van der Waals surface area contributed by atoms with Crippen molar-refractivity contribution in [1.82, 2.24) is 29.7 Å². The number of aryl methyl sites for hydroxylation is 1. The first-order valence-corrected chi connectivity index (χ1v) is 12.5. The monoisotopic (exact) mass is 489 g/mol. The van der Waals surface area contributed by atoms with Crippen LogP contribution in [0.5, 0.6) is 0 Å². The molecule has 6 aromatic rings. The molecular formula is C28H23N7S. The number of hydrogen-bond acceptors (Lipinski definition) is 7. The fourth-order valence-electron chi connectivity index (χ4n) is 4.24. The number of pyridine rings is 1. The van der Waals surface area contributed by atoms with Gasteiger partial charge in [-0.05, 0) is 30.2 Å². The van der Waals surface area contributed by atoms with E-state index in [1.807, 2.05) is 73.1 Å². The van der Waals surface area contributed by atoms with E-state index in [2.05, 4.69) is 50.1 Å². The second-order valence-corrected chi connectivity index (χ2v) is 9.32. The maximum absolute atomic E-state index is 5.02. The van der Waals surface area contributed by atoms with Gasteiger partial charge in [-0.3, -0.25) is 4.98 Å². The molecule has 0 spiro atoms. The van der Waals surface area contributed by atoms with Crippen LogP contribution in [0.15, 0.2) is 90.4 Å². The fourth-order valence-corrected chi connectivity index (χ4v) is 5.19. The first kappa shape index (κ1) is 22.1. The molecule has 176 valence electrons. The zero-order valence-corrected chi connectivity index (χ0v) is 20.6. The normalized spacial score (nSPS) is 12.1. The first-order chi connectivity index (χ1) is 17.7. The second-order valence-electron chi connectivity index (χ2n) is 8.46. The Balaban J connectivity index is 1.57. The number of nitrogens with zero attached hydrogens (tertiary/aromatic N) is 6. The highest BCUT2D eigenvalue weighted by atomic mass is 32.1. The molecule has 0 unspecified atom stereocenters. The Kier molecular flexibility index (Phi) is 5.71. The highest BCUT2D eigenvalue weighted by Gasteiger charge is 2.24. The summed E-state index contributed by atoms with van der Waals surface area (Å²) >= 11 is 1.61. The van der Waals surface area contributed by atoms with Crippen molar-refractivity contribution in [3.8, 4) is 22.6 Å². The minimum Gasteiger partial charge on any atom is -0.355 e. The number of hydrogen-bond donors (Lipinski definition) is 1. The molecule has 0 aliphatic heterocycles. The van der Waals surface area contributed by atoms with Crippen molar-refractivity contribution < 1.29 is 0 Å². The smallest absolute Gasteiger partial charge is 0.181 e. The minimum atomic E-state index is -0.268. The van der Waals surface area contributed by atoms with Gasteiger partial charge in [0, 0.05) is 24.2 Å². The van der Waals surface area contributed by atoms with Crippen LogP contribution in [-0.4, -0.2) is 29.7 Å². The number of anilines is 1. The van der Waals surface area contributed by atoms with Gasteiger partial charge >= 0.3 is 0 Å². The van der Waals surface area contributed by atoms with Crippen LogP contribution in [0.2, 0.25) is 0 Å². The van der Waals surface area contributed by atoms with Crippen LogP contribution in [0.25, 0.3) is 32.9 Å². The summed E-state index contributed by atoms with van der Waals surface area (Å²) in [5, 5.41) is 15.7. The summed E-state index contributed by atoms with van der Waals surface area (Å²) in [7, 11) is 1.98. The number of benzene rings is 2. The van der Waals surface area contributed by atoms with Gasteiger partial charge in [0.15, 0.2) is 11.6 Å². The SMILES string of the molecule is Cc1nnc([C@H](Nc2nc(-c3ccccn3)nc3scc(-c4ccccc4)c23)c2ccccc2)n1C. The van der Waals surface area contributed by atoms with Gasteiger partial charge in [0.25, 0.3) is 0 Å². The van der Waals surface area contributed by atoms with E-state index in [0.717, 1.165) is 50.1 Å². The van der Waals surface area contributed by atoms with Crippen LogP contribution in [0, 0.1) is 6.92 Å². The van der Waals surface area contributed by atoms with Crippen LogP contribution < -0.4 is 5.32 Å². The van der Waals surface area contributed by atoms with Crippen LogP contribution in [0.1, 0.15) is 23.3 Å². The van der Waals surface area contributed by atoms with Gasteiger partial charge in [-0.2, -0.15) is 0 Å². The van der Waals surface area contributed by atoms with Crippen molar-refractivity contribution in [2.75, 3.05) is 5.32 Å². The maximum Gasteiger partial charge on any atom is 0.181 e. The Morgan fingerprint density at radius 3 is 2.31 bits per heavy atom. The molecule has 1 atom stereocenters. The third-order valence-corrected chi connectivity index (χ3v) is 7.08. The molecule has 4 aromatic heterocycles. The maximum atomic E-state index is 5.02. The topological polar surface area (TPSA) is 81.4 Å². The number of thiophene rings is 1. The van der Waals surface area contributed by atoms with E-state index in [-0.39, 0.29) is 6.04 Å². The molecule has 4 heterocycles. The first-order valence-electron chi connectivity index (χ1n) is 11.6. The summed E-state index contributed by atoms with van der Waals surface area (Å²) in [6.07, 6.45) is 1.76. The highest BCUT2D eigenvalue weighted by molar-refractivity contribution is 7.17. The van der Waals surface area contributed by atoms with Crippen molar-refractivity contribution in [3.05, 3.63) is 108 Å². The van der Waals surface area contributed by atoms with Crippen LogP contribution >= 0.6 is 11.3 Å². The molecule has 0 saturated carbocycles. The lowest BCUT2D eigenvalue weighted by Gasteiger charge is -2.20. The Morgan fingerprint density at radius 2 is 1.61 bits per heavy atom. The zero-order chi connectivity index (χ0) is 24.5. The standard InChI is InChI=1S/C28H23N7S/c1-18-33-34-27(35(18)2)24(20-13-7-4-8-14-20)30-26-23-21(19-11-5-3-6-12-19)17-36-28(23)32-25(31-26)22-15-9-10-16-29-22/h3-17,24H,1-2H3,(H,30,31,32)/t24-/m1/s1. The fraction of sp³-hybridized carbons (Fsp3) is 0.107. The molecule has 0 saturated heterocycles. The Morgan fingerprint density at radius 1 is 0.861 bits per heavy atom.